The minimum Gasteiger partial charge on any atom is -0.510 e. The van der Waals surface area contributed by atoms with Crippen molar-refractivity contribution in [3.8, 4) is 0 Å². The largest absolute Gasteiger partial charge is 0.510 e. The number of aliphatic hydroxyl groups excluding tert-OH is 1. The van der Waals surface area contributed by atoms with Crippen molar-refractivity contribution in [1.82, 2.24) is 15.8 Å². The highest BCUT2D eigenvalue weighted by Gasteiger charge is 2.18. The molecule has 2 aliphatic heterocycles. The molecule has 4 nitrogen and oxygen atoms in total. The van der Waals surface area contributed by atoms with Crippen molar-refractivity contribution in [2.45, 2.75) is 0 Å². The summed E-state index contributed by atoms with van der Waals surface area (Å²) in [6.45, 7) is 1.30. The molecular formula is C6H9N3O. The van der Waals surface area contributed by atoms with Crippen LogP contribution in [0.4, 0.5) is 0 Å². The summed E-state index contributed by atoms with van der Waals surface area (Å²) < 4.78 is 0. The van der Waals surface area contributed by atoms with E-state index in [4.69, 9.17) is 5.11 Å². The Morgan fingerprint density at radius 3 is 3.30 bits per heavy atom. The number of hydrogen-bond donors (Lipinski definition) is 3. The van der Waals surface area contributed by atoms with Gasteiger partial charge >= 0.3 is 0 Å². The van der Waals surface area contributed by atoms with Gasteiger partial charge in [0.25, 0.3) is 0 Å². The fourth-order valence-electron chi connectivity index (χ4n) is 1.09. The molecule has 0 amide bonds. The van der Waals surface area contributed by atoms with Gasteiger partial charge in [-0.15, -0.1) is 0 Å². The van der Waals surface area contributed by atoms with Crippen LogP contribution in [0, 0.1) is 0 Å². The molecule has 1 saturated heterocycles. The first-order chi connectivity index (χ1) is 4.86. The van der Waals surface area contributed by atoms with Gasteiger partial charge in [0.05, 0.1) is 13.2 Å². The average Bonchev–Trinajstić information content (AvgIpc) is 2.33. The summed E-state index contributed by atoms with van der Waals surface area (Å²) in [5, 5.41) is 14.0. The summed E-state index contributed by atoms with van der Waals surface area (Å²) in [7, 11) is 0. The summed E-state index contributed by atoms with van der Waals surface area (Å²) in [6.07, 6.45) is 3.55. The quantitative estimate of drug-likeness (QED) is 0.429. The Labute approximate surface area is 58.8 Å². The molecule has 3 N–H and O–H groups in total. The number of hydrazine groups is 1. The Kier molecular flexibility index (Phi) is 1.07. The zero-order valence-electron chi connectivity index (χ0n) is 5.46. The molecule has 0 aliphatic carbocycles. The standard InChI is InChI=1S/C6H9N3O/c10-5-1-2-6-7-4-8-9(6)3-5/h1-2,7-8,10H,3-4H2. The van der Waals surface area contributed by atoms with Crippen molar-refractivity contribution in [2.24, 2.45) is 0 Å². The van der Waals surface area contributed by atoms with E-state index in [0.717, 1.165) is 12.5 Å². The lowest BCUT2D eigenvalue weighted by molar-refractivity contribution is 0.259. The molecule has 1 fully saturated rings. The van der Waals surface area contributed by atoms with Crippen molar-refractivity contribution in [1.29, 1.82) is 0 Å². The predicted molar refractivity (Wildman–Crippen MR) is 36.6 cm³/mol. The monoisotopic (exact) mass is 139 g/mol. The number of allylic oxidation sites excluding steroid dienone is 2. The molecule has 0 bridgehead atoms. The first-order valence-electron chi connectivity index (χ1n) is 3.21. The van der Waals surface area contributed by atoms with Crippen molar-refractivity contribution < 1.29 is 5.11 Å². The molecule has 0 unspecified atom stereocenters. The van der Waals surface area contributed by atoms with Crippen LogP contribution in [0.2, 0.25) is 0 Å². The number of nitrogens with zero attached hydrogens (tertiary/aromatic N) is 1. The maximum absolute atomic E-state index is 9.06. The van der Waals surface area contributed by atoms with Gasteiger partial charge in [0.1, 0.15) is 11.6 Å². The molecule has 0 spiro atoms. The minimum absolute atomic E-state index is 0.389. The number of aliphatic hydroxyl groups is 1. The molecule has 0 atom stereocenters. The van der Waals surface area contributed by atoms with Crippen LogP contribution in [0.1, 0.15) is 0 Å². The SMILES string of the molecule is OC1=CC=C2NCNN2C1. The van der Waals surface area contributed by atoms with Gasteiger partial charge in [-0.25, -0.2) is 5.43 Å². The van der Waals surface area contributed by atoms with Gasteiger partial charge in [-0.2, -0.15) is 0 Å². The van der Waals surface area contributed by atoms with Crippen LogP contribution in [0.25, 0.3) is 0 Å². The van der Waals surface area contributed by atoms with Gasteiger partial charge in [0.15, 0.2) is 0 Å². The summed E-state index contributed by atoms with van der Waals surface area (Å²) in [6, 6.07) is 0. The van der Waals surface area contributed by atoms with Crippen LogP contribution < -0.4 is 10.7 Å². The Morgan fingerprint density at radius 2 is 2.40 bits per heavy atom. The van der Waals surface area contributed by atoms with Gasteiger partial charge in [0.2, 0.25) is 0 Å². The molecule has 0 aromatic carbocycles. The molecule has 0 aromatic rings. The summed E-state index contributed by atoms with van der Waals surface area (Å²) in [5.74, 6) is 1.41. The maximum Gasteiger partial charge on any atom is 0.117 e. The minimum atomic E-state index is 0.389. The second-order valence-corrected chi connectivity index (χ2v) is 2.31. The Balaban J connectivity index is 2.22. The Bertz CT molecular complexity index is 209. The Hall–Kier alpha value is -1.16. The lowest BCUT2D eigenvalue weighted by Crippen LogP contribution is -2.32. The van der Waals surface area contributed by atoms with E-state index >= 15 is 0 Å². The topological polar surface area (TPSA) is 47.5 Å². The van der Waals surface area contributed by atoms with Crippen LogP contribution in [-0.2, 0) is 0 Å². The molecule has 2 rings (SSSR count). The molecular weight excluding hydrogens is 130 g/mol. The summed E-state index contributed by atoms with van der Waals surface area (Å²) in [4.78, 5) is 0. The van der Waals surface area contributed by atoms with Crippen molar-refractivity contribution in [3.63, 3.8) is 0 Å². The second-order valence-electron chi connectivity index (χ2n) is 2.31. The average molecular weight is 139 g/mol. The molecule has 2 aliphatic rings. The highest BCUT2D eigenvalue weighted by molar-refractivity contribution is 5.20. The third kappa shape index (κ3) is 0.733. The van der Waals surface area contributed by atoms with E-state index in [1.165, 1.54) is 0 Å². The summed E-state index contributed by atoms with van der Waals surface area (Å²) >= 11 is 0. The molecule has 10 heavy (non-hydrogen) atoms. The van der Waals surface area contributed by atoms with Gasteiger partial charge < -0.3 is 10.4 Å². The van der Waals surface area contributed by atoms with E-state index in [1.54, 1.807) is 6.08 Å². The molecule has 4 heteroatoms. The lowest BCUT2D eigenvalue weighted by Gasteiger charge is -2.20. The molecule has 54 valence electrons. The molecule has 2 heterocycles. The van der Waals surface area contributed by atoms with Crippen LogP contribution >= 0.6 is 0 Å². The van der Waals surface area contributed by atoms with E-state index in [0.29, 0.717) is 12.3 Å². The highest BCUT2D eigenvalue weighted by Crippen LogP contribution is 2.10. The molecule has 0 saturated carbocycles. The number of hydrogen-bond acceptors (Lipinski definition) is 4. The third-order valence-corrected chi connectivity index (χ3v) is 1.58. The van der Waals surface area contributed by atoms with Gasteiger partial charge in [0, 0.05) is 0 Å². The first kappa shape index (κ1) is 5.61. The lowest BCUT2D eigenvalue weighted by atomic mass is 10.3. The zero-order valence-corrected chi connectivity index (χ0v) is 5.46. The van der Waals surface area contributed by atoms with E-state index in [1.807, 2.05) is 11.1 Å². The number of fused-ring (bicyclic) bond motifs is 1. The third-order valence-electron chi connectivity index (χ3n) is 1.58. The van der Waals surface area contributed by atoms with Crippen LogP contribution in [0.3, 0.4) is 0 Å². The predicted octanol–water partition coefficient (Wildman–Crippen LogP) is -0.349. The smallest absolute Gasteiger partial charge is 0.117 e. The molecule has 0 aromatic heterocycles. The molecule has 0 radical (unpaired) electrons. The van der Waals surface area contributed by atoms with Crippen molar-refractivity contribution in [3.05, 3.63) is 23.7 Å². The summed E-state index contributed by atoms with van der Waals surface area (Å²) in [5.41, 5.74) is 3.04. The van der Waals surface area contributed by atoms with E-state index < -0.39 is 0 Å². The van der Waals surface area contributed by atoms with Crippen molar-refractivity contribution >= 4 is 0 Å². The number of rotatable bonds is 0. The fourth-order valence-corrected chi connectivity index (χ4v) is 1.09. The van der Waals surface area contributed by atoms with Gasteiger partial charge in [-0.05, 0) is 12.2 Å². The second kappa shape index (κ2) is 1.91. The zero-order chi connectivity index (χ0) is 6.97. The van der Waals surface area contributed by atoms with Gasteiger partial charge in [-0.3, -0.25) is 5.01 Å². The van der Waals surface area contributed by atoms with Crippen molar-refractivity contribution in [2.75, 3.05) is 13.2 Å². The first-order valence-corrected chi connectivity index (χ1v) is 3.21. The van der Waals surface area contributed by atoms with Crippen LogP contribution in [0.5, 0.6) is 0 Å². The normalized spacial score (nSPS) is 23.0. The van der Waals surface area contributed by atoms with E-state index in [-0.39, 0.29) is 0 Å². The Morgan fingerprint density at radius 1 is 1.50 bits per heavy atom. The number of nitrogens with one attached hydrogen (secondary N) is 2. The maximum atomic E-state index is 9.06. The van der Waals surface area contributed by atoms with E-state index in [2.05, 4.69) is 10.7 Å². The highest BCUT2D eigenvalue weighted by atomic mass is 16.3. The van der Waals surface area contributed by atoms with Crippen LogP contribution in [0.15, 0.2) is 23.7 Å². The van der Waals surface area contributed by atoms with Crippen LogP contribution in [-0.4, -0.2) is 23.3 Å². The van der Waals surface area contributed by atoms with Gasteiger partial charge in [-0.1, -0.05) is 0 Å². The fraction of sp³-hybridized carbons (Fsp3) is 0.333. The van der Waals surface area contributed by atoms with E-state index in [9.17, 15) is 0 Å².